The zero-order valence-corrected chi connectivity index (χ0v) is 12.8. The Morgan fingerprint density at radius 3 is 2.82 bits per heavy atom. The fourth-order valence-electron chi connectivity index (χ4n) is 1.54. The SMILES string of the molecule is COC(=O)CCCCn1ccc(NC(=S)NCC(F)(F)F)n1. The number of unbranched alkanes of at least 4 members (excludes halogenated alkanes) is 1. The number of thiocarbonyl (C=S) groups is 1. The van der Waals surface area contributed by atoms with Gasteiger partial charge in [-0.15, -0.1) is 0 Å². The number of aromatic nitrogens is 2. The number of aryl methyl sites for hydroxylation is 1. The van der Waals surface area contributed by atoms with Crippen LogP contribution in [0.1, 0.15) is 19.3 Å². The lowest BCUT2D eigenvalue weighted by atomic mass is 10.2. The molecular formula is C12H17F3N4O2S. The average Bonchev–Trinajstić information content (AvgIpc) is 2.88. The molecule has 124 valence electrons. The first-order valence-electron chi connectivity index (χ1n) is 6.52. The van der Waals surface area contributed by atoms with Gasteiger partial charge in [-0.3, -0.25) is 9.48 Å². The molecule has 0 saturated heterocycles. The maximum absolute atomic E-state index is 12.0. The lowest BCUT2D eigenvalue weighted by Crippen LogP contribution is -2.36. The zero-order chi connectivity index (χ0) is 16.6. The maximum atomic E-state index is 12.0. The van der Waals surface area contributed by atoms with Crippen molar-refractivity contribution in [1.29, 1.82) is 0 Å². The molecule has 10 heteroatoms. The number of anilines is 1. The summed E-state index contributed by atoms with van der Waals surface area (Å²) in [5, 5.41) is 8.58. The highest BCUT2D eigenvalue weighted by atomic mass is 32.1. The third-order valence-corrected chi connectivity index (χ3v) is 2.82. The average molecular weight is 338 g/mol. The van der Waals surface area contributed by atoms with Gasteiger partial charge < -0.3 is 15.4 Å². The minimum absolute atomic E-state index is 0.145. The fraction of sp³-hybridized carbons (Fsp3) is 0.583. The van der Waals surface area contributed by atoms with Gasteiger partial charge in [0.25, 0.3) is 0 Å². The van der Waals surface area contributed by atoms with Crippen LogP contribution in [0.4, 0.5) is 19.0 Å². The number of esters is 1. The topological polar surface area (TPSA) is 68.2 Å². The number of hydrogen-bond acceptors (Lipinski definition) is 4. The third-order valence-electron chi connectivity index (χ3n) is 2.58. The molecule has 2 N–H and O–H groups in total. The number of hydrogen-bond donors (Lipinski definition) is 2. The molecule has 0 unspecified atom stereocenters. The molecule has 1 heterocycles. The third kappa shape index (κ3) is 7.81. The number of carbonyl (C=O) groups excluding carboxylic acids is 1. The Bertz CT molecular complexity index is 505. The highest BCUT2D eigenvalue weighted by molar-refractivity contribution is 7.80. The Kier molecular flexibility index (Phi) is 7.09. The molecule has 1 rings (SSSR count). The number of nitrogens with zero attached hydrogens (tertiary/aromatic N) is 2. The van der Waals surface area contributed by atoms with Crippen molar-refractivity contribution in [2.75, 3.05) is 19.0 Å². The molecule has 1 aromatic heterocycles. The maximum Gasteiger partial charge on any atom is 0.405 e. The van der Waals surface area contributed by atoms with E-state index in [0.29, 0.717) is 25.2 Å². The quantitative estimate of drug-likeness (QED) is 0.451. The molecule has 0 atom stereocenters. The lowest BCUT2D eigenvalue weighted by Gasteiger charge is -2.10. The van der Waals surface area contributed by atoms with E-state index in [2.05, 4.69) is 15.2 Å². The van der Waals surface area contributed by atoms with E-state index in [9.17, 15) is 18.0 Å². The van der Waals surface area contributed by atoms with Gasteiger partial charge in [-0.25, -0.2) is 0 Å². The molecule has 0 aromatic carbocycles. The Morgan fingerprint density at radius 1 is 1.45 bits per heavy atom. The van der Waals surface area contributed by atoms with Gasteiger partial charge in [0.15, 0.2) is 10.9 Å². The molecule has 0 fully saturated rings. The van der Waals surface area contributed by atoms with E-state index in [1.165, 1.54) is 7.11 Å². The summed E-state index contributed by atoms with van der Waals surface area (Å²) in [6, 6.07) is 1.60. The number of carbonyl (C=O) groups is 1. The van der Waals surface area contributed by atoms with E-state index in [-0.39, 0.29) is 11.1 Å². The number of halogens is 3. The second-order valence-electron chi connectivity index (χ2n) is 4.42. The van der Waals surface area contributed by atoms with Gasteiger partial charge in [-0.2, -0.15) is 18.3 Å². The van der Waals surface area contributed by atoms with Crippen molar-refractivity contribution in [3.63, 3.8) is 0 Å². The van der Waals surface area contributed by atoms with Gasteiger partial charge >= 0.3 is 12.1 Å². The van der Waals surface area contributed by atoms with Crippen LogP contribution in [0.2, 0.25) is 0 Å². The van der Waals surface area contributed by atoms with Crippen molar-refractivity contribution in [1.82, 2.24) is 15.1 Å². The van der Waals surface area contributed by atoms with Gasteiger partial charge in [-0.05, 0) is 25.1 Å². The summed E-state index contributed by atoms with van der Waals surface area (Å²) in [5.74, 6) is 0.0940. The summed E-state index contributed by atoms with van der Waals surface area (Å²) in [5.41, 5.74) is 0. The van der Waals surface area contributed by atoms with Crippen LogP contribution in [-0.2, 0) is 16.1 Å². The van der Waals surface area contributed by atoms with Crippen LogP contribution in [0.3, 0.4) is 0 Å². The smallest absolute Gasteiger partial charge is 0.405 e. The van der Waals surface area contributed by atoms with E-state index in [0.717, 1.165) is 6.42 Å². The van der Waals surface area contributed by atoms with Gasteiger partial charge in [0.05, 0.1) is 7.11 Å². The molecule has 0 spiro atoms. The molecule has 0 amide bonds. The van der Waals surface area contributed by atoms with Crippen LogP contribution in [0, 0.1) is 0 Å². The summed E-state index contributed by atoms with van der Waals surface area (Å²) >= 11 is 4.74. The van der Waals surface area contributed by atoms with E-state index >= 15 is 0 Å². The predicted octanol–water partition coefficient (Wildman–Crippen LogP) is 2.08. The predicted molar refractivity (Wildman–Crippen MR) is 78.4 cm³/mol. The van der Waals surface area contributed by atoms with Crippen molar-refractivity contribution < 1.29 is 22.7 Å². The Balaban J connectivity index is 2.29. The molecule has 0 aliphatic heterocycles. The molecule has 6 nitrogen and oxygen atoms in total. The number of methoxy groups -OCH3 is 1. The Morgan fingerprint density at radius 2 is 2.18 bits per heavy atom. The fourth-order valence-corrected chi connectivity index (χ4v) is 1.72. The monoisotopic (exact) mass is 338 g/mol. The van der Waals surface area contributed by atoms with Gasteiger partial charge in [0, 0.05) is 25.2 Å². The van der Waals surface area contributed by atoms with Gasteiger partial charge in [0.2, 0.25) is 0 Å². The number of alkyl halides is 3. The summed E-state index contributed by atoms with van der Waals surface area (Å²) in [6.07, 6.45) is -0.917. The molecule has 0 aliphatic carbocycles. The summed E-state index contributed by atoms with van der Waals surface area (Å²) in [6.45, 7) is -0.617. The first kappa shape index (κ1) is 18.2. The first-order valence-corrected chi connectivity index (χ1v) is 6.93. The Labute approximate surface area is 131 Å². The second kappa shape index (κ2) is 8.57. The number of nitrogens with one attached hydrogen (secondary N) is 2. The molecule has 0 bridgehead atoms. The summed E-state index contributed by atoms with van der Waals surface area (Å²) in [7, 11) is 1.34. The van der Waals surface area contributed by atoms with Gasteiger partial charge in [-0.1, -0.05) is 0 Å². The Hall–Kier alpha value is -1.84. The van der Waals surface area contributed by atoms with E-state index in [4.69, 9.17) is 12.2 Å². The van der Waals surface area contributed by atoms with Crippen molar-refractivity contribution in [2.45, 2.75) is 32.0 Å². The van der Waals surface area contributed by atoms with Crippen molar-refractivity contribution >= 4 is 29.1 Å². The molecule has 0 aliphatic rings. The van der Waals surface area contributed by atoms with E-state index in [1.54, 1.807) is 16.9 Å². The summed E-state index contributed by atoms with van der Waals surface area (Å²) in [4.78, 5) is 10.9. The summed E-state index contributed by atoms with van der Waals surface area (Å²) < 4.78 is 42.2. The first-order chi connectivity index (χ1) is 10.3. The molecular weight excluding hydrogens is 321 g/mol. The van der Waals surface area contributed by atoms with Crippen LogP contribution in [0.15, 0.2) is 12.3 Å². The molecule has 0 radical (unpaired) electrons. The van der Waals surface area contributed by atoms with Crippen molar-refractivity contribution in [3.8, 4) is 0 Å². The highest BCUT2D eigenvalue weighted by Gasteiger charge is 2.27. The normalized spacial score (nSPS) is 11.1. The van der Waals surface area contributed by atoms with E-state index in [1.807, 2.05) is 5.32 Å². The van der Waals surface area contributed by atoms with Crippen molar-refractivity contribution in [3.05, 3.63) is 12.3 Å². The second-order valence-corrected chi connectivity index (χ2v) is 4.83. The molecule has 1 aromatic rings. The van der Waals surface area contributed by atoms with Crippen molar-refractivity contribution in [2.24, 2.45) is 0 Å². The van der Waals surface area contributed by atoms with Crippen LogP contribution < -0.4 is 10.6 Å². The number of ether oxygens (including phenoxy) is 1. The van der Waals surface area contributed by atoms with Gasteiger partial charge in [0.1, 0.15) is 6.54 Å². The molecule has 0 saturated carbocycles. The largest absolute Gasteiger partial charge is 0.469 e. The number of rotatable bonds is 7. The van der Waals surface area contributed by atoms with Crippen LogP contribution in [0.5, 0.6) is 0 Å². The molecule has 22 heavy (non-hydrogen) atoms. The highest BCUT2D eigenvalue weighted by Crippen LogP contribution is 2.12. The standard InChI is InChI=1S/C12H17F3N4O2S/c1-21-10(20)4-2-3-6-19-7-5-9(18-19)17-11(22)16-8-12(13,14)15/h5,7H,2-4,6,8H2,1H3,(H2,16,17,18,22). The van der Waals surface area contributed by atoms with Crippen LogP contribution >= 0.6 is 12.2 Å². The van der Waals surface area contributed by atoms with Crippen LogP contribution in [-0.4, -0.2) is 40.7 Å². The minimum atomic E-state index is -4.33. The zero-order valence-electron chi connectivity index (χ0n) is 11.9. The van der Waals surface area contributed by atoms with Crippen LogP contribution in [0.25, 0.3) is 0 Å². The lowest BCUT2D eigenvalue weighted by molar-refractivity contribution is -0.140. The minimum Gasteiger partial charge on any atom is -0.469 e. The van der Waals surface area contributed by atoms with E-state index < -0.39 is 12.7 Å².